The van der Waals surface area contributed by atoms with E-state index in [1.807, 2.05) is 45.9 Å². The number of amides is 2. The number of rotatable bonds is 8. The zero-order chi connectivity index (χ0) is 20.8. The molecule has 0 saturated heterocycles. The fraction of sp³-hybridized carbons (Fsp3) is 0.524. The number of ether oxygens (including phenoxy) is 2. The Balaban J connectivity index is 2.47. The lowest BCUT2D eigenvalue weighted by Crippen LogP contribution is -2.46. The Kier molecular flexibility index (Phi) is 7.92. The van der Waals surface area contributed by atoms with Gasteiger partial charge in [0, 0.05) is 5.70 Å². The van der Waals surface area contributed by atoms with Crippen LogP contribution in [-0.4, -0.2) is 24.2 Å². The number of carbonyl (C=O) groups excluding carboxylic acids is 2. The molecule has 7 heteroatoms. The molecule has 1 aliphatic heterocycles. The fourth-order valence-corrected chi connectivity index (χ4v) is 3.47. The van der Waals surface area contributed by atoms with Crippen LogP contribution >= 0.6 is 15.9 Å². The number of urea groups is 1. The van der Waals surface area contributed by atoms with E-state index in [9.17, 15) is 9.59 Å². The smallest absolute Gasteiger partial charge is 0.338 e. The minimum atomic E-state index is -0.587. The van der Waals surface area contributed by atoms with Crippen LogP contribution in [-0.2, 0) is 9.53 Å². The van der Waals surface area contributed by atoms with Crippen molar-refractivity contribution in [3.05, 3.63) is 39.5 Å². The topological polar surface area (TPSA) is 76.7 Å². The van der Waals surface area contributed by atoms with Gasteiger partial charge in [0.2, 0.25) is 0 Å². The second-order valence-electron chi connectivity index (χ2n) is 7.34. The van der Waals surface area contributed by atoms with E-state index in [2.05, 4.69) is 33.5 Å². The zero-order valence-electron chi connectivity index (χ0n) is 17.1. The van der Waals surface area contributed by atoms with E-state index in [-0.39, 0.29) is 18.2 Å². The van der Waals surface area contributed by atoms with E-state index < -0.39 is 12.0 Å². The van der Waals surface area contributed by atoms with Gasteiger partial charge in [0.25, 0.3) is 0 Å². The summed E-state index contributed by atoms with van der Waals surface area (Å²) in [5, 5.41) is 5.66. The van der Waals surface area contributed by atoms with Crippen molar-refractivity contribution in [3.63, 3.8) is 0 Å². The van der Waals surface area contributed by atoms with Crippen molar-refractivity contribution in [1.29, 1.82) is 0 Å². The van der Waals surface area contributed by atoms with Crippen molar-refractivity contribution in [2.75, 3.05) is 0 Å². The van der Waals surface area contributed by atoms with Crippen molar-refractivity contribution in [1.82, 2.24) is 10.6 Å². The standard InChI is InChI=1S/C21H29BrN2O4/c1-6-7-8-16-18(20(25)28-13(4)5)19(24-21(26)23-16)14-9-10-17(15(22)11-14)27-12(2)3/h9-13,19H,6-8H2,1-5H3,(H2,23,24,26). The molecule has 2 amide bonds. The average Bonchev–Trinajstić information content (AvgIpc) is 2.60. The molecule has 2 rings (SSSR count). The molecule has 1 aliphatic rings. The minimum absolute atomic E-state index is 0.0397. The molecule has 1 aromatic rings. The Labute approximate surface area is 175 Å². The quantitative estimate of drug-likeness (QED) is 0.544. The molecule has 154 valence electrons. The predicted molar refractivity (Wildman–Crippen MR) is 112 cm³/mol. The van der Waals surface area contributed by atoms with Gasteiger partial charge in [-0.1, -0.05) is 19.4 Å². The summed E-state index contributed by atoms with van der Waals surface area (Å²) in [6, 6.07) is 4.66. The van der Waals surface area contributed by atoms with Crippen molar-refractivity contribution < 1.29 is 19.1 Å². The van der Waals surface area contributed by atoms with E-state index in [4.69, 9.17) is 9.47 Å². The van der Waals surface area contributed by atoms with Gasteiger partial charge in [-0.05, 0) is 74.2 Å². The van der Waals surface area contributed by atoms with Crippen LogP contribution in [0.4, 0.5) is 4.79 Å². The first-order chi connectivity index (χ1) is 13.2. The van der Waals surface area contributed by atoms with E-state index in [1.54, 1.807) is 0 Å². The van der Waals surface area contributed by atoms with Gasteiger partial charge in [-0.25, -0.2) is 9.59 Å². The lowest BCUT2D eigenvalue weighted by molar-refractivity contribution is -0.143. The molecule has 6 nitrogen and oxygen atoms in total. The maximum atomic E-state index is 12.9. The highest BCUT2D eigenvalue weighted by atomic mass is 79.9. The molecule has 2 N–H and O–H groups in total. The van der Waals surface area contributed by atoms with Crippen molar-refractivity contribution in [2.24, 2.45) is 0 Å². The number of nitrogens with one attached hydrogen (secondary N) is 2. The fourth-order valence-electron chi connectivity index (χ4n) is 2.98. The third kappa shape index (κ3) is 5.74. The van der Waals surface area contributed by atoms with Crippen LogP contribution in [0, 0.1) is 0 Å². The van der Waals surface area contributed by atoms with Crippen LogP contribution < -0.4 is 15.4 Å². The third-order valence-electron chi connectivity index (χ3n) is 4.15. The SMILES string of the molecule is CCCCC1=C(C(=O)OC(C)C)C(c2ccc(OC(C)C)c(Br)c2)NC(=O)N1. The molecule has 1 atom stereocenters. The molecule has 1 heterocycles. The maximum absolute atomic E-state index is 12.9. The molecule has 0 bridgehead atoms. The number of esters is 1. The highest BCUT2D eigenvalue weighted by Crippen LogP contribution is 2.34. The first-order valence-corrected chi connectivity index (χ1v) is 10.5. The van der Waals surface area contributed by atoms with Gasteiger partial charge in [-0.2, -0.15) is 0 Å². The molecule has 0 saturated carbocycles. The van der Waals surface area contributed by atoms with Gasteiger partial charge in [0.1, 0.15) is 5.75 Å². The van der Waals surface area contributed by atoms with Crippen LogP contribution in [0.15, 0.2) is 33.9 Å². The number of halogens is 1. The van der Waals surface area contributed by atoms with E-state index in [0.29, 0.717) is 23.4 Å². The van der Waals surface area contributed by atoms with Gasteiger partial charge >= 0.3 is 12.0 Å². The Bertz CT molecular complexity index is 759. The van der Waals surface area contributed by atoms with Crippen LogP contribution in [0.2, 0.25) is 0 Å². The Morgan fingerprint density at radius 1 is 1.21 bits per heavy atom. The largest absolute Gasteiger partial charge is 0.490 e. The number of benzene rings is 1. The number of allylic oxidation sites excluding steroid dienone is 1. The molecule has 1 unspecified atom stereocenters. The second kappa shape index (κ2) is 9.96. The van der Waals surface area contributed by atoms with Gasteiger partial charge < -0.3 is 20.1 Å². The zero-order valence-corrected chi connectivity index (χ0v) is 18.7. The number of unbranched alkanes of at least 4 members (excludes halogenated alkanes) is 1. The van der Waals surface area contributed by atoms with Crippen molar-refractivity contribution >= 4 is 27.9 Å². The summed E-state index contributed by atoms with van der Waals surface area (Å²) in [7, 11) is 0. The Morgan fingerprint density at radius 3 is 2.50 bits per heavy atom. The van der Waals surface area contributed by atoms with Crippen LogP contribution in [0.3, 0.4) is 0 Å². The van der Waals surface area contributed by atoms with Gasteiger partial charge in [0.15, 0.2) is 0 Å². The van der Waals surface area contributed by atoms with Gasteiger partial charge in [0.05, 0.1) is 28.3 Å². The Hall–Kier alpha value is -2.02. The lowest BCUT2D eigenvalue weighted by atomic mass is 9.93. The number of hydrogen-bond acceptors (Lipinski definition) is 4. The highest BCUT2D eigenvalue weighted by molar-refractivity contribution is 9.10. The van der Waals surface area contributed by atoms with Crippen LogP contribution in [0.5, 0.6) is 5.75 Å². The number of carbonyl (C=O) groups is 2. The highest BCUT2D eigenvalue weighted by Gasteiger charge is 2.34. The van der Waals surface area contributed by atoms with Crippen LogP contribution in [0.25, 0.3) is 0 Å². The predicted octanol–water partition coefficient (Wildman–Crippen LogP) is 4.99. The van der Waals surface area contributed by atoms with Crippen LogP contribution in [0.1, 0.15) is 65.5 Å². The summed E-state index contributed by atoms with van der Waals surface area (Å²) in [5.74, 6) is 0.290. The Morgan fingerprint density at radius 2 is 1.93 bits per heavy atom. The summed E-state index contributed by atoms with van der Waals surface area (Å²) in [5.41, 5.74) is 1.86. The summed E-state index contributed by atoms with van der Waals surface area (Å²) < 4.78 is 12.0. The molecule has 0 aliphatic carbocycles. The van der Waals surface area contributed by atoms with Gasteiger partial charge in [-0.15, -0.1) is 0 Å². The van der Waals surface area contributed by atoms with E-state index >= 15 is 0 Å². The summed E-state index contributed by atoms with van der Waals surface area (Å²) in [6.07, 6.45) is 2.22. The normalized spacial score (nSPS) is 16.9. The molecule has 1 aromatic carbocycles. The molecule has 28 heavy (non-hydrogen) atoms. The molecule has 0 radical (unpaired) electrons. The lowest BCUT2D eigenvalue weighted by Gasteiger charge is -2.30. The summed E-state index contributed by atoms with van der Waals surface area (Å²) >= 11 is 3.53. The van der Waals surface area contributed by atoms with E-state index in [0.717, 1.165) is 22.9 Å². The van der Waals surface area contributed by atoms with Crippen molar-refractivity contribution in [2.45, 2.75) is 72.1 Å². The second-order valence-corrected chi connectivity index (χ2v) is 8.19. The molecular formula is C21H29BrN2O4. The monoisotopic (exact) mass is 452 g/mol. The molecule has 0 fully saturated rings. The minimum Gasteiger partial charge on any atom is -0.490 e. The molecule has 0 aromatic heterocycles. The maximum Gasteiger partial charge on any atom is 0.338 e. The first kappa shape index (κ1) is 22.3. The third-order valence-corrected chi connectivity index (χ3v) is 4.77. The van der Waals surface area contributed by atoms with E-state index in [1.165, 1.54) is 0 Å². The van der Waals surface area contributed by atoms with Gasteiger partial charge in [-0.3, -0.25) is 0 Å². The molecule has 0 spiro atoms. The molecular weight excluding hydrogens is 424 g/mol. The summed E-state index contributed by atoms with van der Waals surface area (Å²) in [4.78, 5) is 25.1. The average molecular weight is 453 g/mol. The van der Waals surface area contributed by atoms with Crippen molar-refractivity contribution in [3.8, 4) is 5.75 Å². The number of hydrogen-bond donors (Lipinski definition) is 2. The summed E-state index contributed by atoms with van der Waals surface area (Å²) in [6.45, 7) is 9.59. The first-order valence-electron chi connectivity index (χ1n) is 9.70.